The van der Waals surface area contributed by atoms with E-state index in [1.54, 1.807) is 0 Å². The molecule has 2 aromatic carbocycles. The average molecular weight is 212 g/mol. The van der Waals surface area contributed by atoms with Crippen molar-refractivity contribution in [2.75, 3.05) is 0 Å². The molecule has 0 unspecified atom stereocenters. The number of hydrogen-bond donors (Lipinski definition) is 0. The van der Waals surface area contributed by atoms with Crippen molar-refractivity contribution >= 4 is 0 Å². The summed E-state index contributed by atoms with van der Waals surface area (Å²) in [5.41, 5.74) is 1.69. The molecule has 0 aliphatic carbocycles. The number of benzene rings is 2. The van der Waals surface area contributed by atoms with Gasteiger partial charge in [-0.05, 0) is 11.0 Å². The Bertz CT molecular complexity index is 341. The molecule has 84 valence electrons. The van der Waals surface area contributed by atoms with Crippen LogP contribution in [0.1, 0.15) is 26.3 Å². The van der Waals surface area contributed by atoms with E-state index >= 15 is 0 Å². The molecule has 2 aromatic rings. The predicted molar refractivity (Wildman–Crippen MR) is 71.6 cm³/mol. The van der Waals surface area contributed by atoms with Crippen molar-refractivity contribution in [2.24, 2.45) is 0 Å². The van der Waals surface area contributed by atoms with E-state index in [4.69, 9.17) is 0 Å². The first-order valence-electron chi connectivity index (χ1n) is 5.66. The Kier molecular flexibility index (Phi) is 4.78. The van der Waals surface area contributed by atoms with Gasteiger partial charge < -0.3 is 0 Å². The first-order chi connectivity index (χ1) is 7.61. The summed E-state index contributed by atoms with van der Waals surface area (Å²) in [7, 11) is 0. The highest BCUT2D eigenvalue weighted by Gasteiger charge is 2.11. The average Bonchev–Trinajstić information content (AvgIpc) is 2.32. The highest BCUT2D eigenvalue weighted by atomic mass is 14.2. The summed E-state index contributed by atoms with van der Waals surface area (Å²) in [5.74, 6) is 0. The van der Waals surface area contributed by atoms with Gasteiger partial charge in [-0.3, -0.25) is 0 Å². The molecule has 0 aromatic heterocycles. The molecule has 0 saturated heterocycles. The van der Waals surface area contributed by atoms with Gasteiger partial charge in [-0.2, -0.15) is 0 Å². The zero-order chi connectivity index (χ0) is 11.9. The normalized spacial score (nSPS) is 10.2. The summed E-state index contributed by atoms with van der Waals surface area (Å²) in [4.78, 5) is 0. The molecule has 2 rings (SSSR count). The molecule has 0 amide bonds. The summed E-state index contributed by atoms with van der Waals surface area (Å²) < 4.78 is 0. The Morgan fingerprint density at radius 3 is 1.12 bits per heavy atom. The first kappa shape index (κ1) is 12.5. The third-order valence-corrected chi connectivity index (χ3v) is 2.31. The standard InChI is InChI=1S/C10H14.C6H6/c1-10(2,3)9-7-5-4-6-8-9;1-2-4-6-5-3-1/h4-8H,1-3H3;1-6H. The van der Waals surface area contributed by atoms with Gasteiger partial charge in [0.05, 0.1) is 0 Å². The molecule has 16 heavy (non-hydrogen) atoms. The highest BCUT2D eigenvalue weighted by Crippen LogP contribution is 2.20. The molecule has 0 radical (unpaired) electrons. The Morgan fingerprint density at radius 1 is 0.562 bits per heavy atom. The maximum Gasteiger partial charge on any atom is -0.0132 e. The zero-order valence-corrected chi connectivity index (χ0v) is 10.4. The summed E-state index contributed by atoms with van der Waals surface area (Å²) in [6, 6.07) is 22.6. The predicted octanol–water partition coefficient (Wildman–Crippen LogP) is 4.67. The fourth-order valence-electron chi connectivity index (χ4n) is 1.32. The van der Waals surface area contributed by atoms with E-state index in [-0.39, 0.29) is 0 Å². The van der Waals surface area contributed by atoms with E-state index in [0.29, 0.717) is 5.41 Å². The first-order valence-corrected chi connectivity index (χ1v) is 5.66. The Balaban J connectivity index is 0.000000181. The molecule has 0 fully saturated rings. The van der Waals surface area contributed by atoms with Gasteiger partial charge in [0.25, 0.3) is 0 Å². The van der Waals surface area contributed by atoms with Crippen LogP contribution in [0, 0.1) is 0 Å². The Hall–Kier alpha value is -1.56. The lowest BCUT2D eigenvalue weighted by Crippen LogP contribution is -2.10. The van der Waals surface area contributed by atoms with Crippen LogP contribution in [0.3, 0.4) is 0 Å². The second-order valence-electron chi connectivity index (χ2n) is 4.77. The zero-order valence-electron chi connectivity index (χ0n) is 10.4. The second kappa shape index (κ2) is 6.12. The van der Waals surface area contributed by atoms with Gasteiger partial charge in [-0.15, -0.1) is 0 Å². The van der Waals surface area contributed by atoms with Crippen molar-refractivity contribution in [1.29, 1.82) is 0 Å². The SMILES string of the molecule is CC(C)(C)c1ccccc1.c1ccccc1. The van der Waals surface area contributed by atoms with Crippen LogP contribution >= 0.6 is 0 Å². The summed E-state index contributed by atoms with van der Waals surface area (Å²) >= 11 is 0. The van der Waals surface area contributed by atoms with Crippen molar-refractivity contribution in [3.8, 4) is 0 Å². The minimum atomic E-state index is 0.293. The topological polar surface area (TPSA) is 0 Å². The highest BCUT2D eigenvalue weighted by molar-refractivity contribution is 5.21. The van der Waals surface area contributed by atoms with Crippen molar-refractivity contribution in [1.82, 2.24) is 0 Å². The lowest BCUT2D eigenvalue weighted by Gasteiger charge is -2.18. The minimum absolute atomic E-state index is 0.293. The van der Waals surface area contributed by atoms with Crippen molar-refractivity contribution < 1.29 is 0 Å². The molecule has 0 bridgehead atoms. The van der Waals surface area contributed by atoms with E-state index in [9.17, 15) is 0 Å². The smallest absolute Gasteiger partial charge is 0.0132 e. The van der Waals surface area contributed by atoms with Gasteiger partial charge in [-0.1, -0.05) is 87.5 Å². The minimum Gasteiger partial charge on any atom is -0.0623 e. The fraction of sp³-hybridized carbons (Fsp3) is 0.250. The monoisotopic (exact) mass is 212 g/mol. The van der Waals surface area contributed by atoms with Crippen molar-refractivity contribution in [2.45, 2.75) is 26.2 Å². The van der Waals surface area contributed by atoms with Gasteiger partial charge in [0, 0.05) is 0 Å². The van der Waals surface area contributed by atoms with Gasteiger partial charge in [0.15, 0.2) is 0 Å². The molecular weight excluding hydrogens is 192 g/mol. The summed E-state index contributed by atoms with van der Waals surface area (Å²) in [5, 5.41) is 0. The van der Waals surface area contributed by atoms with Gasteiger partial charge >= 0.3 is 0 Å². The van der Waals surface area contributed by atoms with Crippen LogP contribution in [-0.2, 0) is 5.41 Å². The maximum atomic E-state index is 2.22. The van der Waals surface area contributed by atoms with E-state index in [1.165, 1.54) is 5.56 Å². The Morgan fingerprint density at radius 2 is 0.875 bits per heavy atom. The fourth-order valence-corrected chi connectivity index (χ4v) is 1.32. The molecule has 0 aliphatic heterocycles. The molecule has 0 saturated carbocycles. The third kappa shape index (κ3) is 4.79. The maximum absolute atomic E-state index is 2.22. The van der Waals surface area contributed by atoms with Crippen LogP contribution in [0.2, 0.25) is 0 Å². The molecule has 0 aliphatic rings. The number of hydrogen-bond acceptors (Lipinski definition) is 0. The van der Waals surface area contributed by atoms with E-state index < -0.39 is 0 Å². The molecular formula is C16H20. The molecule has 0 atom stereocenters. The molecule has 0 heterocycles. The summed E-state index contributed by atoms with van der Waals surface area (Å²) in [6.45, 7) is 6.67. The van der Waals surface area contributed by atoms with Crippen molar-refractivity contribution in [3.05, 3.63) is 72.3 Å². The second-order valence-corrected chi connectivity index (χ2v) is 4.77. The van der Waals surface area contributed by atoms with Gasteiger partial charge in [-0.25, -0.2) is 0 Å². The third-order valence-electron chi connectivity index (χ3n) is 2.31. The van der Waals surface area contributed by atoms with Crippen LogP contribution < -0.4 is 0 Å². The Labute approximate surface area is 99.0 Å². The van der Waals surface area contributed by atoms with Crippen LogP contribution in [0.4, 0.5) is 0 Å². The quantitative estimate of drug-likeness (QED) is 0.595. The van der Waals surface area contributed by atoms with E-state index in [2.05, 4.69) is 51.1 Å². The molecule has 0 N–H and O–H groups in total. The molecule has 0 spiro atoms. The van der Waals surface area contributed by atoms with Gasteiger partial charge in [0.1, 0.15) is 0 Å². The van der Waals surface area contributed by atoms with Crippen LogP contribution in [0.15, 0.2) is 66.7 Å². The summed E-state index contributed by atoms with van der Waals surface area (Å²) in [6.07, 6.45) is 0. The van der Waals surface area contributed by atoms with Crippen molar-refractivity contribution in [3.63, 3.8) is 0 Å². The van der Waals surface area contributed by atoms with E-state index in [1.807, 2.05) is 36.4 Å². The lowest BCUT2D eigenvalue weighted by atomic mass is 9.87. The van der Waals surface area contributed by atoms with Crippen LogP contribution in [-0.4, -0.2) is 0 Å². The van der Waals surface area contributed by atoms with E-state index in [0.717, 1.165) is 0 Å². The molecule has 0 nitrogen and oxygen atoms in total. The van der Waals surface area contributed by atoms with Crippen LogP contribution in [0.5, 0.6) is 0 Å². The molecule has 0 heteroatoms. The lowest BCUT2D eigenvalue weighted by molar-refractivity contribution is 0.590. The van der Waals surface area contributed by atoms with Gasteiger partial charge in [0.2, 0.25) is 0 Å². The number of rotatable bonds is 0. The van der Waals surface area contributed by atoms with Crippen LogP contribution in [0.25, 0.3) is 0 Å². The largest absolute Gasteiger partial charge is 0.0623 e.